The van der Waals surface area contributed by atoms with E-state index in [1.807, 2.05) is 12.1 Å². The molecule has 12 atom stereocenters. The van der Waals surface area contributed by atoms with Gasteiger partial charge in [0.15, 0.2) is 5.96 Å². The van der Waals surface area contributed by atoms with Crippen LogP contribution in [0.2, 0.25) is 0 Å². The molecule has 4 aromatic rings. The number of para-hydroxylation sites is 1. The second-order valence-corrected chi connectivity index (χ2v) is 24.6. The molecule has 1 saturated heterocycles. The molecule has 0 saturated carbocycles. The predicted octanol–water partition coefficient (Wildman–Crippen LogP) is -4.92. The van der Waals surface area contributed by atoms with Crippen LogP contribution in [0.3, 0.4) is 0 Å². The Morgan fingerprint density at radius 1 is 0.633 bits per heavy atom. The molecule has 0 unspecified atom stereocenters. The number of carboxylic acids is 1. The number of nitrogens with zero attached hydrogens (tertiary/aromatic N) is 3. The summed E-state index contributed by atoms with van der Waals surface area (Å²) in [5, 5.41) is 46.4. The maximum atomic E-state index is 14.4. The van der Waals surface area contributed by atoms with Crippen molar-refractivity contribution in [1.82, 2.24) is 73.0 Å². The van der Waals surface area contributed by atoms with E-state index in [-0.39, 0.29) is 93.6 Å². The number of aliphatic imine (C=N–C) groups is 1. The van der Waals surface area contributed by atoms with Crippen LogP contribution in [-0.2, 0) is 76.8 Å². The molecule has 11 amide bonds. The Kier molecular flexibility index (Phi) is 33.5. The van der Waals surface area contributed by atoms with Gasteiger partial charge in [-0.05, 0) is 75.6 Å². The maximum absolute atomic E-state index is 14.4. The zero-order chi connectivity index (χ0) is 72.0. The van der Waals surface area contributed by atoms with Gasteiger partial charge < -0.3 is 101 Å². The lowest BCUT2D eigenvalue weighted by atomic mass is 10.0. The number of amides is 11. The Balaban J connectivity index is 1.18. The lowest BCUT2D eigenvalue weighted by molar-refractivity contribution is -0.143. The highest BCUT2D eigenvalue weighted by Gasteiger charge is 2.40. The number of guanidine groups is 1. The summed E-state index contributed by atoms with van der Waals surface area (Å²) in [6, 6.07) is 0.680. The Morgan fingerprint density at radius 3 is 1.77 bits per heavy atom. The van der Waals surface area contributed by atoms with Gasteiger partial charge in [-0.2, -0.15) is 50.5 Å². The van der Waals surface area contributed by atoms with Crippen LogP contribution in [0.15, 0.2) is 78.3 Å². The molecule has 3 heterocycles. The molecule has 37 heteroatoms. The van der Waals surface area contributed by atoms with E-state index >= 15 is 0 Å². The van der Waals surface area contributed by atoms with Gasteiger partial charge in [0, 0.05) is 84.4 Å². The third kappa shape index (κ3) is 25.0. The fourth-order valence-corrected chi connectivity index (χ4v) is 11.4. The van der Waals surface area contributed by atoms with Crippen molar-refractivity contribution in [2.75, 3.05) is 49.2 Å². The molecule has 98 heavy (non-hydrogen) atoms. The number of carbonyl (C=O) groups is 12. The molecular formula is C61H89N19O14S4. The minimum Gasteiger partial charge on any atom is -0.480 e. The number of unbranched alkanes of at least 4 members (excludes halogenated alkanes) is 1. The van der Waals surface area contributed by atoms with Crippen molar-refractivity contribution in [2.45, 2.75) is 144 Å². The first-order valence-electron chi connectivity index (χ1n) is 31.5. The molecule has 33 nitrogen and oxygen atoms in total. The van der Waals surface area contributed by atoms with E-state index < -0.39 is 150 Å². The number of aliphatic hydroxyl groups excluding tert-OH is 1. The van der Waals surface area contributed by atoms with E-state index in [1.54, 1.807) is 48.7 Å². The first-order valence-corrected chi connectivity index (χ1v) is 34.1. The summed E-state index contributed by atoms with van der Waals surface area (Å²) in [7, 11) is 0. The number of hydrogen-bond acceptors (Lipinski definition) is 21. The van der Waals surface area contributed by atoms with E-state index in [4.69, 9.17) is 22.9 Å². The van der Waals surface area contributed by atoms with Crippen molar-refractivity contribution in [1.29, 1.82) is 0 Å². The molecule has 0 bridgehead atoms. The second-order valence-electron chi connectivity index (χ2n) is 23.1. The molecule has 22 N–H and O–H groups in total. The van der Waals surface area contributed by atoms with E-state index in [1.165, 1.54) is 24.3 Å². The largest absolute Gasteiger partial charge is 0.480 e. The van der Waals surface area contributed by atoms with Gasteiger partial charge in [-0.15, -0.1) is 0 Å². The molecule has 2 aromatic carbocycles. The molecular weight excluding hydrogens is 1350 g/mol. The van der Waals surface area contributed by atoms with Gasteiger partial charge in [-0.25, -0.2) is 9.78 Å². The number of aliphatic hydroxyl groups is 1. The van der Waals surface area contributed by atoms with Gasteiger partial charge in [0.25, 0.3) is 0 Å². The molecule has 536 valence electrons. The third-order valence-electron chi connectivity index (χ3n) is 15.7. The van der Waals surface area contributed by atoms with Crippen molar-refractivity contribution in [3.8, 4) is 0 Å². The van der Waals surface area contributed by atoms with Crippen LogP contribution in [-0.4, -0.2) is 229 Å². The second kappa shape index (κ2) is 40.9. The maximum Gasteiger partial charge on any atom is 0.326 e. The van der Waals surface area contributed by atoms with Gasteiger partial charge in [-0.1, -0.05) is 48.5 Å². The summed E-state index contributed by atoms with van der Waals surface area (Å²) in [4.78, 5) is 179. The minimum absolute atomic E-state index is 0.00820. The molecule has 2 aromatic heterocycles. The topological polar surface area (TPSA) is 530 Å². The quantitative estimate of drug-likeness (QED) is 0.00857. The number of nitrogens with two attached hydrogens (primary N) is 4. The Hall–Kier alpha value is -8.62. The van der Waals surface area contributed by atoms with Crippen molar-refractivity contribution >= 4 is 138 Å². The number of likely N-dealkylation sites (tertiary alicyclic amines) is 1. The highest BCUT2D eigenvalue weighted by Crippen LogP contribution is 2.21. The smallest absolute Gasteiger partial charge is 0.326 e. The van der Waals surface area contributed by atoms with Crippen LogP contribution < -0.4 is 76.1 Å². The zero-order valence-electron chi connectivity index (χ0n) is 53.8. The molecule has 0 radical (unpaired) electrons. The number of hydrogen-bond donors (Lipinski definition) is 22. The van der Waals surface area contributed by atoms with E-state index in [0.29, 0.717) is 36.1 Å². The molecule has 1 fully saturated rings. The summed E-state index contributed by atoms with van der Waals surface area (Å²) >= 11 is 17.1. The molecule has 5 rings (SSSR count). The normalized spacial score (nSPS) is 16.1. The van der Waals surface area contributed by atoms with Gasteiger partial charge in [0.2, 0.25) is 65.0 Å². The number of benzene rings is 2. The molecule has 0 spiro atoms. The van der Waals surface area contributed by atoms with Crippen LogP contribution in [0.5, 0.6) is 0 Å². The summed E-state index contributed by atoms with van der Waals surface area (Å²) < 4.78 is 0. The van der Waals surface area contributed by atoms with Gasteiger partial charge in [0.05, 0.1) is 25.0 Å². The number of rotatable bonds is 41. The van der Waals surface area contributed by atoms with Crippen molar-refractivity contribution < 1.29 is 67.7 Å². The van der Waals surface area contributed by atoms with Crippen molar-refractivity contribution in [3.05, 3.63) is 90.1 Å². The fraction of sp³-hybridized carbons (Fsp3) is 0.508. The Bertz CT molecular complexity index is 3380. The summed E-state index contributed by atoms with van der Waals surface area (Å²) in [6.07, 6.45) is 4.30. The summed E-state index contributed by atoms with van der Waals surface area (Å²) in [5.41, 5.74) is 25.4. The number of carbonyl (C=O) groups excluding carboxylic acids is 11. The van der Waals surface area contributed by atoms with Gasteiger partial charge in [-0.3, -0.25) is 57.7 Å². The van der Waals surface area contributed by atoms with Crippen LogP contribution in [0.4, 0.5) is 0 Å². The average Bonchev–Trinajstić information content (AvgIpc) is 1.66. The first kappa shape index (κ1) is 80.1. The van der Waals surface area contributed by atoms with Crippen molar-refractivity contribution in [3.63, 3.8) is 0 Å². The average molecular weight is 1440 g/mol. The van der Waals surface area contributed by atoms with Crippen LogP contribution >= 0.6 is 50.5 Å². The number of imidazole rings is 1. The first-order chi connectivity index (χ1) is 46.8. The Labute approximate surface area is 587 Å². The van der Waals surface area contributed by atoms with Crippen LogP contribution in [0.25, 0.3) is 10.9 Å². The SMILES string of the molecule is C[C@@H](O)[C@H](NC(=O)[C@H](CCCCN)NC(=O)[C@H](CS)NC(=O)[C@H](CS)NC(=O)CNC(=O)[C@@H]1CCCN1C(=O)[C@H](CS)NC(=O)[C@H](CS)NC(=O)[C@H](Cc1c[nH]c2ccccc12)NC(=O)[C@H](CCCN=C(N)N)NC(=O)[C@@H](N)Cc1cnc[nH]1)C(=O)N[C@@H](Cc1ccccc1)C(=O)O. The Morgan fingerprint density at radius 2 is 1.17 bits per heavy atom. The predicted molar refractivity (Wildman–Crippen MR) is 375 cm³/mol. The standard InChI is InChI=1S/C61H89N19O14S4/c1-32(81)49(58(91)75-42(60(93)94)21-33-11-3-2-4-12-33)79-52(85)39(15-7-8-18-62)73-55(88)44(28-96)77-54(87)43(27-95)71-48(82)26-69-57(90)47-17-10-20-80(47)59(92)46(30-98)78-56(89)45(29-97)76-53(86)41(22-34-24-68-38-14-6-5-13-36(34)38)74-51(84)40(16-9-19-67-61(64)65)72-50(83)37(63)23-35-25-66-31-70-35/h2-6,11-14,24-25,31-32,37,39-47,49,68,81,95-98H,7-10,15-23,26-30,62-63H2,1H3,(H,66,70)(H,69,90)(H,71,82)(H,72,83)(H,73,88)(H,74,84)(H,75,91)(H,76,86)(H,77,87)(H,78,89)(H,79,85)(H,93,94)(H4,64,65,67)/t32-,37+,39+,40+,41+,42+,43+,44+,45+,46+,47+,49+/m1/s1. The van der Waals surface area contributed by atoms with Crippen LogP contribution in [0, 0.1) is 0 Å². The summed E-state index contributed by atoms with van der Waals surface area (Å²) in [6.45, 7) is 0.885. The minimum atomic E-state index is -1.67. The van der Waals surface area contributed by atoms with Crippen LogP contribution in [0.1, 0.15) is 68.7 Å². The third-order valence-corrected chi connectivity index (χ3v) is 17.2. The number of aliphatic carboxylic acids is 1. The number of fused-ring (bicyclic) bond motifs is 1. The highest BCUT2D eigenvalue weighted by atomic mass is 32.1. The number of carboxylic acid groups (broad SMARTS) is 1. The van der Waals surface area contributed by atoms with E-state index in [0.717, 1.165) is 10.9 Å². The number of aromatic amines is 2. The van der Waals surface area contributed by atoms with E-state index in [2.05, 4.69) is 124 Å². The lowest BCUT2D eigenvalue weighted by Crippen LogP contribution is -2.61. The van der Waals surface area contributed by atoms with Gasteiger partial charge in [0.1, 0.15) is 60.4 Å². The van der Waals surface area contributed by atoms with Crippen molar-refractivity contribution in [2.24, 2.45) is 27.9 Å². The molecule has 1 aliphatic heterocycles. The summed E-state index contributed by atoms with van der Waals surface area (Å²) in [5.74, 6) is -12.1. The zero-order valence-corrected chi connectivity index (χ0v) is 57.4. The number of thiol groups is 4. The molecule has 0 aliphatic carbocycles. The lowest BCUT2D eigenvalue weighted by Gasteiger charge is -2.29. The highest BCUT2D eigenvalue weighted by molar-refractivity contribution is 7.80. The fourth-order valence-electron chi connectivity index (χ4n) is 10.4. The van der Waals surface area contributed by atoms with E-state index in [9.17, 15) is 67.7 Å². The number of aromatic nitrogens is 3. The molecule has 1 aliphatic rings. The van der Waals surface area contributed by atoms with Gasteiger partial charge >= 0.3 is 5.97 Å². The number of H-pyrrole nitrogens is 2. The number of nitrogens with one attached hydrogen (secondary N) is 12. The monoisotopic (exact) mass is 1440 g/mol.